The molecular formula is C38H37N5O5S. The zero-order valence-corrected chi connectivity index (χ0v) is 28.6. The lowest BCUT2D eigenvalue weighted by Gasteiger charge is -2.37. The number of nitrogens with zero attached hydrogens (tertiary/aromatic N) is 5. The van der Waals surface area contributed by atoms with Crippen LogP contribution in [0.15, 0.2) is 107 Å². The van der Waals surface area contributed by atoms with E-state index in [9.17, 15) is 18.0 Å². The van der Waals surface area contributed by atoms with Gasteiger partial charge >= 0.3 is 0 Å². The van der Waals surface area contributed by atoms with Crippen LogP contribution in [0.2, 0.25) is 0 Å². The van der Waals surface area contributed by atoms with Crippen molar-refractivity contribution < 1.29 is 17.9 Å². The Labute approximate surface area is 284 Å². The van der Waals surface area contributed by atoms with Crippen molar-refractivity contribution in [2.75, 3.05) is 33.3 Å². The minimum absolute atomic E-state index is 0.0998. The van der Waals surface area contributed by atoms with E-state index in [-0.39, 0.29) is 22.4 Å². The third-order valence-electron chi connectivity index (χ3n) is 9.35. The summed E-state index contributed by atoms with van der Waals surface area (Å²) >= 11 is 0. The number of rotatable bonds is 8. The molecule has 1 atom stereocenters. The monoisotopic (exact) mass is 675 g/mol. The van der Waals surface area contributed by atoms with Gasteiger partial charge in [0.05, 0.1) is 22.1 Å². The molecule has 0 aliphatic carbocycles. The Balaban J connectivity index is 1.15. The summed E-state index contributed by atoms with van der Waals surface area (Å²) in [7, 11) is -0.529. The highest BCUT2D eigenvalue weighted by molar-refractivity contribution is 7.90. The molecule has 10 nitrogen and oxygen atoms in total. The topological polar surface area (TPSA) is 107 Å². The average Bonchev–Trinajstić information content (AvgIpc) is 3.56. The van der Waals surface area contributed by atoms with Crippen LogP contribution >= 0.6 is 0 Å². The molecule has 0 saturated carbocycles. The molecule has 49 heavy (non-hydrogen) atoms. The molecule has 0 radical (unpaired) electrons. The van der Waals surface area contributed by atoms with Crippen LogP contribution in [-0.4, -0.2) is 77.0 Å². The summed E-state index contributed by atoms with van der Waals surface area (Å²) in [6, 6.07) is 25.8. The highest BCUT2D eigenvalue weighted by atomic mass is 32.2. The van der Waals surface area contributed by atoms with E-state index >= 15 is 0 Å². The maximum atomic E-state index is 13.6. The molecule has 0 bridgehead atoms. The van der Waals surface area contributed by atoms with Gasteiger partial charge in [-0.3, -0.25) is 14.5 Å². The van der Waals surface area contributed by atoms with Crippen molar-refractivity contribution in [3.05, 3.63) is 113 Å². The lowest BCUT2D eigenvalue weighted by Crippen LogP contribution is -2.55. The number of amides is 1. The molecule has 250 valence electrons. The number of pyridine rings is 2. The summed E-state index contributed by atoms with van der Waals surface area (Å²) in [5, 5.41) is 1.45. The fraction of sp³-hybridized carbons (Fsp3) is 0.237. The first kappa shape index (κ1) is 32.3. The number of carbonyl (C=O) groups excluding carboxylic acids is 1. The molecule has 0 N–H and O–H groups in total. The number of aryl methyl sites for hydroxylation is 2. The van der Waals surface area contributed by atoms with Gasteiger partial charge < -0.3 is 14.2 Å². The Kier molecular flexibility index (Phi) is 8.33. The van der Waals surface area contributed by atoms with E-state index in [2.05, 4.69) is 4.90 Å². The van der Waals surface area contributed by atoms with Crippen LogP contribution in [0.5, 0.6) is 5.75 Å². The third kappa shape index (κ3) is 6.00. The van der Waals surface area contributed by atoms with Crippen LogP contribution in [0.25, 0.3) is 44.2 Å². The van der Waals surface area contributed by atoms with Gasteiger partial charge in [-0.25, -0.2) is 17.4 Å². The van der Waals surface area contributed by atoms with Gasteiger partial charge in [0.25, 0.3) is 15.6 Å². The molecule has 1 aliphatic heterocycles. The molecule has 3 aromatic heterocycles. The first-order valence-electron chi connectivity index (χ1n) is 16.2. The molecule has 1 fully saturated rings. The summed E-state index contributed by atoms with van der Waals surface area (Å²) in [4.78, 5) is 34.6. The molecule has 0 spiro atoms. The molecule has 1 saturated heterocycles. The molecular weight excluding hydrogens is 639 g/mol. The number of likely N-dealkylation sites (N-methyl/N-ethyl adjacent to an activating group) is 1. The Morgan fingerprint density at radius 3 is 2.49 bits per heavy atom. The van der Waals surface area contributed by atoms with Crippen molar-refractivity contribution in [2.24, 2.45) is 7.05 Å². The van der Waals surface area contributed by atoms with Crippen molar-refractivity contribution in [3.8, 4) is 28.1 Å². The van der Waals surface area contributed by atoms with Crippen LogP contribution in [0.3, 0.4) is 0 Å². The first-order valence-corrected chi connectivity index (χ1v) is 17.6. The van der Waals surface area contributed by atoms with E-state index in [1.807, 2.05) is 75.5 Å². The van der Waals surface area contributed by atoms with Gasteiger partial charge in [0.15, 0.2) is 0 Å². The maximum Gasteiger partial charge on any atom is 0.275 e. The zero-order valence-electron chi connectivity index (χ0n) is 27.8. The number of hydrogen-bond acceptors (Lipinski definition) is 7. The molecule has 1 aliphatic rings. The molecule has 1 amide bonds. The molecule has 6 aromatic rings. The standard InChI is InChI=1S/C38H37N5O5S/c1-25-8-12-31(13-9-25)49(46,47)43-17-16-32-33(24-41(4)38(45)36(32)43)27-10-14-35-29(22-27)11-15-34(39-35)28-6-5-7-30(23-28)48-21-20-42-19-18-40(3)37(44)26(42)2/h5-17,22-24,26H,18-21H2,1-4H3/t26-/m1/s1. The van der Waals surface area contributed by atoms with Gasteiger partial charge in [-0.05, 0) is 67.9 Å². The Hall–Kier alpha value is -5.26. The summed E-state index contributed by atoms with van der Waals surface area (Å²) < 4.78 is 35.8. The van der Waals surface area contributed by atoms with Gasteiger partial charge in [0.2, 0.25) is 5.91 Å². The van der Waals surface area contributed by atoms with Crippen molar-refractivity contribution in [1.82, 2.24) is 23.3 Å². The minimum atomic E-state index is -3.99. The van der Waals surface area contributed by atoms with Gasteiger partial charge in [0.1, 0.15) is 17.9 Å². The second-order valence-corrected chi connectivity index (χ2v) is 14.4. The smallest absolute Gasteiger partial charge is 0.275 e. The molecule has 0 unspecified atom stereocenters. The largest absolute Gasteiger partial charge is 0.492 e. The van der Waals surface area contributed by atoms with E-state index in [0.717, 1.165) is 61.7 Å². The van der Waals surface area contributed by atoms with Crippen LogP contribution in [0.4, 0.5) is 0 Å². The fourth-order valence-electron chi connectivity index (χ4n) is 6.43. The van der Waals surface area contributed by atoms with Crippen molar-refractivity contribution in [3.63, 3.8) is 0 Å². The van der Waals surface area contributed by atoms with Gasteiger partial charge in [-0.2, -0.15) is 0 Å². The van der Waals surface area contributed by atoms with Crippen LogP contribution in [0.1, 0.15) is 12.5 Å². The van der Waals surface area contributed by atoms with E-state index < -0.39 is 15.6 Å². The number of piperazine rings is 1. The maximum absolute atomic E-state index is 13.6. The predicted molar refractivity (Wildman–Crippen MR) is 191 cm³/mol. The first-order chi connectivity index (χ1) is 23.5. The lowest BCUT2D eigenvalue weighted by molar-refractivity contribution is -0.139. The summed E-state index contributed by atoms with van der Waals surface area (Å²) in [6.07, 6.45) is 3.19. The van der Waals surface area contributed by atoms with Crippen LogP contribution < -0.4 is 10.3 Å². The van der Waals surface area contributed by atoms with Gasteiger partial charge in [0, 0.05) is 68.0 Å². The molecule has 7 rings (SSSR count). The number of benzene rings is 3. The summed E-state index contributed by atoms with van der Waals surface area (Å²) in [6.45, 7) is 6.50. The number of aromatic nitrogens is 3. The van der Waals surface area contributed by atoms with E-state index in [0.29, 0.717) is 18.5 Å². The van der Waals surface area contributed by atoms with E-state index in [4.69, 9.17) is 9.72 Å². The highest BCUT2D eigenvalue weighted by Crippen LogP contribution is 2.32. The van der Waals surface area contributed by atoms with Gasteiger partial charge in [-0.15, -0.1) is 0 Å². The molecule has 4 heterocycles. The van der Waals surface area contributed by atoms with Crippen molar-refractivity contribution in [1.29, 1.82) is 0 Å². The third-order valence-corrected chi connectivity index (χ3v) is 11.0. The zero-order chi connectivity index (χ0) is 34.4. The second kappa shape index (κ2) is 12.6. The average molecular weight is 676 g/mol. The van der Waals surface area contributed by atoms with Crippen molar-refractivity contribution >= 4 is 37.7 Å². The number of hydrogen-bond donors (Lipinski definition) is 0. The minimum Gasteiger partial charge on any atom is -0.492 e. The summed E-state index contributed by atoms with van der Waals surface area (Å²) in [5.74, 6) is 0.867. The fourth-order valence-corrected chi connectivity index (χ4v) is 7.77. The Bertz CT molecular complexity index is 2400. The molecule has 11 heteroatoms. The lowest BCUT2D eigenvalue weighted by atomic mass is 10.0. The van der Waals surface area contributed by atoms with Crippen LogP contribution in [0, 0.1) is 6.92 Å². The van der Waals surface area contributed by atoms with E-state index in [1.165, 1.54) is 10.8 Å². The quantitative estimate of drug-likeness (QED) is 0.215. The van der Waals surface area contributed by atoms with Gasteiger partial charge in [-0.1, -0.05) is 42.0 Å². The predicted octanol–water partition coefficient (Wildman–Crippen LogP) is 5.31. The normalized spacial score (nSPS) is 15.7. The summed E-state index contributed by atoms with van der Waals surface area (Å²) in [5.41, 5.74) is 4.72. The highest BCUT2D eigenvalue weighted by Gasteiger charge is 2.29. The molecule has 3 aromatic carbocycles. The van der Waals surface area contributed by atoms with E-state index in [1.54, 1.807) is 48.5 Å². The number of carbonyl (C=O) groups is 1. The second-order valence-electron chi connectivity index (χ2n) is 12.6. The number of ether oxygens (including phenoxy) is 1. The van der Waals surface area contributed by atoms with Crippen LogP contribution in [-0.2, 0) is 21.9 Å². The number of fused-ring (bicyclic) bond motifs is 2. The van der Waals surface area contributed by atoms with Crippen molar-refractivity contribution in [2.45, 2.75) is 24.8 Å². The Morgan fingerprint density at radius 2 is 1.69 bits per heavy atom. The SMILES string of the molecule is Cc1ccc(S(=O)(=O)n2ccc3c(-c4ccc5nc(-c6cccc(OCCN7CCN(C)C(=O)[C@H]7C)c6)ccc5c4)cn(C)c(=O)c32)cc1. The Morgan fingerprint density at radius 1 is 0.898 bits per heavy atom.